The number of rotatable bonds is 1. The van der Waals surface area contributed by atoms with Gasteiger partial charge in [0.05, 0.1) is 17.0 Å². The third kappa shape index (κ3) is 1.81. The molecule has 0 radical (unpaired) electrons. The van der Waals surface area contributed by atoms with Gasteiger partial charge in [-0.15, -0.1) is 0 Å². The molecule has 0 unspecified atom stereocenters. The van der Waals surface area contributed by atoms with E-state index >= 15 is 0 Å². The van der Waals surface area contributed by atoms with Crippen LogP contribution in [0.5, 0.6) is 0 Å². The molecular weight excluding hydrogens is 264 g/mol. The van der Waals surface area contributed by atoms with Gasteiger partial charge in [0, 0.05) is 10.9 Å². The van der Waals surface area contributed by atoms with Crippen molar-refractivity contribution in [3.63, 3.8) is 0 Å². The molecule has 0 aliphatic heterocycles. The number of hydrogen-bond donors (Lipinski definition) is 0. The molecule has 0 saturated carbocycles. The van der Waals surface area contributed by atoms with Gasteiger partial charge in [0.2, 0.25) is 0 Å². The van der Waals surface area contributed by atoms with Crippen LogP contribution in [0.4, 0.5) is 0 Å². The molecule has 1 heterocycles. The van der Waals surface area contributed by atoms with Crippen LogP contribution in [0.3, 0.4) is 0 Å². The fraction of sp³-hybridized carbons (Fsp3) is 0.231. The predicted molar refractivity (Wildman–Crippen MR) is 68.1 cm³/mol. The van der Waals surface area contributed by atoms with Crippen LogP contribution in [0.15, 0.2) is 34.9 Å². The Hall–Kier alpha value is -1.40. The first-order chi connectivity index (χ1) is 7.54. The number of nitriles is 1. The van der Waals surface area contributed by atoms with E-state index in [1.807, 2.05) is 44.2 Å². The molecule has 3 heteroatoms. The second-order valence-electron chi connectivity index (χ2n) is 4.26. The van der Waals surface area contributed by atoms with Crippen LogP contribution in [-0.2, 0) is 5.41 Å². The van der Waals surface area contributed by atoms with Crippen LogP contribution < -0.4 is 0 Å². The van der Waals surface area contributed by atoms with E-state index in [0.29, 0.717) is 0 Å². The Morgan fingerprint density at radius 1 is 1.31 bits per heavy atom. The fourth-order valence-corrected chi connectivity index (χ4v) is 2.39. The van der Waals surface area contributed by atoms with Crippen molar-refractivity contribution in [3.8, 4) is 6.07 Å². The van der Waals surface area contributed by atoms with Crippen LogP contribution in [0.2, 0.25) is 0 Å². The second-order valence-corrected chi connectivity index (χ2v) is 5.01. The van der Waals surface area contributed by atoms with Crippen molar-refractivity contribution < 1.29 is 0 Å². The Balaban J connectivity index is 2.73. The van der Waals surface area contributed by atoms with Gasteiger partial charge in [0.15, 0.2) is 0 Å². The maximum absolute atomic E-state index is 9.15. The molecule has 1 aromatic heterocycles. The molecule has 0 spiro atoms. The first-order valence-corrected chi connectivity index (χ1v) is 5.81. The zero-order valence-electron chi connectivity index (χ0n) is 9.16. The zero-order chi connectivity index (χ0) is 11.8. The van der Waals surface area contributed by atoms with Crippen molar-refractivity contribution in [2.24, 2.45) is 0 Å². The Morgan fingerprint density at radius 2 is 2.00 bits per heavy atom. The van der Waals surface area contributed by atoms with Crippen molar-refractivity contribution in [2.45, 2.75) is 19.3 Å². The van der Waals surface area contributed by atoms with Crippen molar-refractivity contribution in [1.29, 1.82) is 5.26 Å². The van der Waals surface area contributed by atoms with Crippen LogP contribution in [0.25, 0.3) is 10.9 Å². The van der Waals surface area contributed by atoms with Gasteiger partial charge >= 0.3 is 0 Å². The highest BCUT2D eigenvalue weighted by atomic mass is 79.9. The van der Waals surface area contributed by atoms with Crippen molar-refractivity contribution in [1.82, 2.24) is 4.98 Å². The Bertz CT molecular complexity index is 582. The summed E-state index contributed by atoms with van der Waals surface area (Å²) >= 11 is 3.43. The number of para-hydroxylation sites is 1. The smallest absolute Gasteiger partial charge is 0.111 e. The lowest BCUT2D eigenvalue weighted by Gasteiger charge is -2.17. The lowest BCUT2D eigenvalue weighted by molar-refractivity contribution is 0.680. The molecule has 0 aliphatic carbocycles. The maximum Gasteiger partial charge on any atom is 0.111 e. The Morgan fingerprint density at radius 3 is 2.69 bits per heavy atom. The van der Waals surface area contributed by atoms with Crippen LogP contribution in [0, 0.1) is 11.3 Å². The summed E-state index contributed by atoms with van der Waals surface area (Å²) in [5.41, 5.74) is 1.33. The second kappa shape index (κ2) is 3.88. The number of fused-ring (bicyclic) bond motifs is 1. The number of halogens is 1. The number of pyridine rings is 1. The normalized spacial score (nSPS) is 11.4. The predicted octanol–water partition coefficient (Wildman–Crippen LogP) is 3.80. The lowest BCUT2D eigenvalue weighted by atomic mass is 9.87. The topological polar surface area (TPSA) is 36.7 Å². The highest BCUT2D eigenvalue weighted by Gasteiger charge is 2.23. The highest BCUT2D eigenvalue weighted by molar-refractivity contribution is 9.10. The summed E-state index contributed by atoms with van der Waals surface area (Å²) in [4.78, 5) is 4.46. The zero-order valence-corrected chi connectivity index (χ0v) is 10.7. The van der Waals surface area contributed by atoms with E-state index in [2.05, 4.69) is 27.0 Å². The summed E-state index contributed by atoms with van der Waals surface area (Å²) < 4.78 is 0.748. The van der Waals surface area contributed by atoms with Gasteiger partial charge < -0.3 is 0 Å². The van der Waals surface area contributed by atoms with E-state index in [0.717, 1.165) is 21.1 Å². The SMILES string of the molecule is CC(C)(C#N)c1cc2ccccc2nc1Br. The lowest BCUT2D eigenvalue weighted by Crippen LogP contribution is -2.15. The summed E-state index contributed by atoms with van der Waals surface area (Å²) in [7, 11) is 0. The van der Waals surface area contributed by atoms with Crippen LogP contribution >= 0.6 is 15.9 Å². The molecule has 2 nitrogen and oxygen atoms in total. The van der Waals surface area contributed by atoms with Crippen molar-refractivity contribution >= 4 is 26.8 Å². The van der Waals surface area contributed by atoms with E-state index < -0.39 is 5.41 Å². The third-order valence-corrected chi connectivity index (χ3v) is 3.23. The van der Waals surface area contributed by atoms with Crippen LogP contribution in [0.1, 0.15) is 19.4 Å². The van der Waals surface area contributed by atoms with Gasteiger partial charge in [0.25, 0.3) is 0 Å². The van der Waals surface area contributed by atoms with Gasteiger partial charge in [-0.3, -0.25) is 0 Å². The van der Waals surface area contributed by atoms with Gasteiger partial charge in [0.1, 0.15) is 4.60 Å². The summed E-state index contributed by atoms with van der Waals surface area (Å²) in [5, 5.41) is 10.2. The Kier molecular flexibility index (Phi) is 2.69. The first-order valence-electron chi connectivity index (χ1n) is 5.01. The van der Waals surface area contributed by atoms with E-state index in [-0.39, 0.29) is 0 Å². The first kappa shape index (κ1) is 11.1. The molecule has 0 amide bonds. The highest BCUT2D eigenvalue weighted by Crippen LogP contribution is 2.30. The number of benzene rings is 1. The van der Waals surface area contributed by atoms with Crippen molar-refractivity contribution in [3.05, 3.63) is 40.5 Å². The average molecular weight is 275 g/mol. The number of hydrogen-bond acceptors (Lipinski definition) is 2. The van der Waals surface area contributed by atoms with E-state index in [1.165, 1.54) is 0 Å². The molecule has 0 fully saturated rings. The van der Waals surface area contributed by atoms with E-state index in [4.69, 9.17) is 5.26 Å². The van der Waals surface area contributed by atoms with Gasteiger partial charge in [-0.2, -0.15) is 5.26 Å². The molecule has 0 aliphatic rings. The largest absolute Gasteiger partial charge is 0.241 e. The minimum Gasteiger partial charge on any atom is -0.241 e. The van der Waals surface area contributed by atoms with Crippen molar-refractivity contribution in [2.75, 3.05) is 0 Å². The molecule has 2 aromatic rings. The quantitative estimate of drug-likeness (QED) is 0.742. The minimum absolute atomic E-state index is 0.532. The molecule has 16 heavy (non-hydrogen) atoms. The molecule has 0 N–H and O–H groups in total. The summed E-state index contributed by atoms with van der Waals surface area (Å²) in [6.45, 7) is 3.78. The molecule has 0 atom stereocenters. The van der Waals surface area contributed by atoms with Gasteiger partial charge in [-0.1, -0.05) is 18.2 Å². The molecule has 2 rings (SSSR count). The number of aromatic nitrogens is 1. The monoisotopic (exact) mass is 274 g/mol. The minimum atomic E-state index is -0.532. The summed E-state index contributed by atoms with van der Waals surface area (Å²) in [6.07, 6.45) is 0. The average Bonchev–Trinajstić information content (AvgIpc) is 2.28. The Labute approximate surface area is 103 Å². The number of nitrogens with zero attached hydrogens (tertiary/aromatic N) is 2. The third-order valence-electron chi connectivity index (χ3n) is 2.63. The molecule has 80 valence electrons. The van der Waals surface area contributed by atoms with Gasteiger partial charge in [-0.25, -0.2) is 4.98 Å². The van der Waals surface area contributed by atoms with Crippen LogP contribution in [-0.4, -0.2) is 4.98 Å². The van der Waals surface area contributed by atoms with Gasteiger partial charge in [-0.05, 0) is 41.9 Å². The maximum atomic E-state index is 9.15. The summed E-state index contributed by atoms with van der Waals surface area (Å²) in [5.74, 6) is 0. The molecule has 0 bridgehead atoms. The molecule has 0 saturated heterocycles. The summed E-state index contributed by atoms with van der Waals surface area (Å²) in [6, 6.07) is 12.2. The molecule has 1 aromatic carbocycles. The standard InChI is InChI=1S/C13H11BrN2/c1-13(2,8-15)10-7-9-5-3-4-6-11(9)16-12(10)14/h3-7H,1-2H3. The fourth-order valence-electron chi connectivity index (χ4n) is 1.59. The van der Waals surface area contributed by atoms with E-state index in [1.54, 1.807) is 0 Å². The molecular formula is C13H11BrN2. The van der Waals surface area contributed by atoms with E-state index in [9.17, 15) is 0 Å².